The van der Waals surface area contributed by atoms with Crippen molar-refractivity contribution in [3.63, 3.8) is 0 Å². The van der Waals surface area contributed by atoms with Crippen LogP contribution in [0.2, 0.25) is 0 Å². The normalized spacial score (nSPS) is 24.7. The summed E-state index contributed by atoms with van der Waals surface area (Å²) in [5.74, 6) is -0.353. The zero-order valence-corrected chi connectivity index (χ0v) is 9.34. The number of piperidine rings is 1. The Morgan fingerprint density at radius 3 is 2.65 bits per heavy atom. The Kier molecular flexibility index (Phi) is 3.28. The molecular formula is C12H15FN2O2. The zero-order valence-electron chi connectivity index (χ0n) is 9.34. The molecule has 1 saturated heterocycles. The first-order valence-corrected chi connectivity index (χ1v) is 5.57. The average molecular weight is 238 g/mol. The molecule has 0 bridgehead atoms. The second-order valence-corrected chi connectivity index (χ2v) is 4.34. The van der Waals surface area contributed by atoms with E-state index in [0.717, 1.165) is 5.56 Å². The van der Waals surface area contributed by atoms with E-state index in [4.69, 9.17) is 10.8 Å². The highest BCUT2D eigenvalue weighted by Gasteiger charge is 2.30. The van der Waals surface area contributed by atoms with Crippen LogP contribution < -0.4 is 5.73 Å². The van der Waals surface area contributed by atoms with Crippen molar-refractivity contribution < 1.29 is 14.3 Å². The molecule has 0 saturated carbocycles. The Balaban J connectivity index is 2.17. The van der Waals surface area contributed by atoms with Gasteiger partial charge >= 0.3 is 6.09 Å². The fourth-order valence-electron chi connectivity index (χ4n) is 2.21. The summed E-state index contributed by atoms with van der Waals surface area (Å²) in [6.45, 7) is 0.844. The molecule has 1 heterocycles. The van der Waals surface area contributed by atoms with Crippen molar-refractivity contribution in [3.05, 3.63) is 35.6 Å². The lowest BCUT2D eigenvalue weighted by molar-refractivity contribution is 0.126. The number of hydrogen-bond donors (Lipinski definition) is 2. The Labute approximate surface area is 98.8 Å². The number of carboxylic acid groups (broad SMARTS) is 1. The number of hydrogen-bond acceptors (Lipinski definition) is 2. The molecule has 1 aliphatic heterocycles. The molecule has 1 fully saturated rings. The fraction of sp³-hybridized carbons (Fsp3) is 0.417. The highest BCUT2D eigenvalue weighted by atomic mass is 19.1. The summed E-state index contributed by atoms with van der Waals surface area (Å²) in [7, 11) is 0. The van der Waals surface area contributed by atoms with Crippen LogP contribution in [0.15, 0.2) is 24.3 Å². The van der Waals surface area contributed by atoms with Crippen molar-refractivity contribution in [1.82, 2.24) is 4.90 Å². The van der Waals surface area contributed by atoms with Crippen molar-refractivity contribution in [1.29, 1.82) is 0 Å². The molecule has 0 aliphatic carbocycles. The lowest BCUT2D eigenvalue weighted by Gasteiger charge is -2.35. The number of likely N-dealkylation sites (tertiary alicyclic amines) is 1. The van der Waals surface area contributed by atoms with E-state index >= 15 is 0 Å². The second kappa shape index (κ2) is 4.71. The number of halogens is 1. The van der Waals surface area contributed by atoms with Gasteiger partial charge in [-0.15, -0.1) is 0 Å². The molecule has 1 amide bonds. The SMILES string of the molecule is N[C@@H]1CCN(C(=O)O)C[C@H]1c1ccc(F)cc1. The number of amides is 1. The predicted molar refractivity (Wildman–Crippen MR) is 61.3 cm³/mol. The summed E-state index contributed by atoms with van der Waals surface area (Å²) in [6.07, 6.45) is -0.294. The van der Waals surface area contributed by atoms with E-state index in [-0.39, 0.29) is 17.8 Å². The Bertz CT molecular complexity index is 407. The predicted octanol–water partition coefficient (Wildman–Crippen LogP) is 1.62. The molecule has 1 aromatic rings. The van der Waals surface area contributed by atoms with E-state index < -0.39 is 6.09 Å². The standard InChI is InChI=1S/C12H15FN2O2/c13-9-3-1-8(2-4-9)10-7-15(12(16)17)6-5-11(10)14/h1-4,10-11H,5-7,14H2,(H,16,17)/t10-,11+/m0/s1. The van der Waals surface area contributed by atoms with E-state index in [1.54, 1.807) is 12.1 Å². The first-order chi connectivity index (χ1) is 8.08. The van der Waals surface area contributed by atoms with Gasteiger partial charge in [0.05, 0.1) is 0 Å². The molecule has 92 valence electrons. The monoisotopic (exact) mass is 238 g/mol. The number of benzene rings is 1. The number of rotatable bonds is 1. The number of carbonyl (C=O) groups is 1. The van der Waals surface area contributed by atoms with Gasteiger partial charge in [0.25, 0.3) is 0 Å². The van der Waals surface area contributed by atoms with Crippen molar-refractivity contribution in [2.24, 2.45) is 5.73 Å². The summed E-state index contributed by atoms with van der Waals surface area (Å²) in [5.41, 5.74) is 6.89. The van der Waals surface area contributed by atoms with Gasteiger partial charge in [-0.3, -0.25) is 0 Å². The molecule has 0 spiro atoms. The third kappa shape index (κ3) is 2.55. The van der Waals surface area contributed by atoms with Crippen LogP contribution in [0.5, 0.6) is 0 Å². The lowest BCUT2D eigenvalue weighted by Crippen LogP contribution is -2.47. The Hall–Kier alpha value is -1.62. The minimum absolute atomic E-state index is 0.0551. The first kappa shape index (κ1) is 11.9. The van der Waals surface area contributed by atoms with Crippen LogP contribution in [0, 0.1) is 5.82 Å². The maximum absolute atomic E-state index is 12.8. The van der Waals surface area contributed by atoms with Gasteiger partial charge in [0.1, 0.15) is 5.82 Å². The summed E-state index contributed by atoms with van der Waals surface area (Å²) < 4.78 is 12.8. The smallest absolute Gasteiger partial charge is 0.407 e. The maximum Gasteiger partial charge on any atom is 0.407 e. The topological polar surface area (TPSA) is 66.6 Å². The van der Waals surface area contributed by atoms with Crippen molar-refractivity contribution in [2.45, 2.75) is 18.4 Å². The highest BCUT2D eigenvalue weighted by molar-refractivity contribution is 5.65. The lowest BCUT2D eigenvalue weighted by atomic mass is 9.87. The van der Waals surface area contributed by atoms with Gasteiger partial charge in [-0.2, -0.15) is 0 Å². The molecule has 1 aliphatic rings. The average Bonchev–Trinajstić information content (AvgIpc) is 2.31. The molecule has 2 atom stereocenters. The Morgan fingerprint density at radius 1 is 1.41 bits per heavy atom. The molecule has 2 rings (SSSR count). The van der Waals surface area contributed by atoms with Gasteiger partial charge < -0.3 is 15.7 Å². The van der Waals surface area contributed by atoms with Crippen LogP contribution in [0.25, 0.3) is 0 Å². The van der Waals surface area contributed by atoms with Crippen LogP contribution in [0.1, 0.15) is 17.9 Å². The summed E-state index contributed by atoms with van der Waals surface area (Å²) in [6, 6.07) is 6.02. The summed E-state index contributed by atoms with van der Waals surface area (Å²) in [4.78, 5) is 12.3. The van der Waals surface area contributed by atoms with Gasteiger partial charge in [-0.25, -0.2) is 9.18 Å². The van der Waals surface area contributed by atoms with Crippen molar-refractivity contribution >= 4 is 6.09 Å². The molecule has 5 heteroatoms. The van der Waals surface area contributed by atoms with Crippen LogP contribution >= 0.6 is 0 Å². The van der Waals surface area contributed by atoms with E-state index in [1.807, 2.05) is 0 Å². The van der Waals surface area contributed by atoms with Gasteiger partial charge in [0.2, 0.25) is 0 Å². The molecule has 4 nitrogen and oxygen atoms in total. The van der Waals surface area contributed by atoms with E-state index in [2.05, 4.69) is 0 Å². The van der Waals surface area contributed by atoms with Gasteiger partial charge in [0, 0.05) is 25.0 Å². The van der Waals surface area contributed by atoms with E-state index in [1.165, 1.54) is 17.0 Å². The number of nitrogens with zero attached hydrogens (tertiary/aromatic N) is 1. The maximum atomic E-state index is 12.8. The van der Waals surface area contributed by atoms with Crippen LogP contribution in [0.4, 0.5) is 9.18 Å². The first-order valence-electron chi connectivity index (χ1n) is 5.57. The third-order valence-corrected chi connectivity index (χ3v) is 3.23. The molecular weight excluding hydrogens is 223 g/mol. The van der Waals surface area contributed by atoms with Gasteiger partial charge in [-0.05, 0) is 24.1 Å². The van der Waals surface area contributed by atoms with E-state index in [9.17, 15) is 9.18 Å². The van der Waals surface area contributed by atoms with Crippen LogP contribution in [-0.2, 0) is 0 Å². The minimum atomic E-state index is -0.927. The highest BCUT2D eigenvalue weighted by Crippen LogP contribution is 2.26. The third-order valence-electron chi connectivity index (χ3n) is 3.23. The number of nitrogens with two attached hydrogens (primary N) is 1. The van der Waals surface area contributed by atoms with Crippen molar-refractivity contribution in [3.8, 4) is 0 Å². The van der Waals surface area contributed by atoms with Crippen LogP contribution in [-0.4, -0.2) is 35.2 Å². The molecule has 3 N–H and O–H groups in total. The Morgan fingerprint density at radius 2 is 2.06 bits per heavy atom. The molecule has 17 heavy (non-hydrogen) atoms. The van der Waals surface area contributed by atoms with Gasteiger partial charge in [-0.1, -0.05) is 12.1 Å². The van der Waals surface area contributed by atoms with E-state index in [0.29, 0.717) is 19.5 Å². The second-order valence-electron chi connectivity index (χ2n) is 4.34. The quantitative estimate of drug-likeness (QED) is 0.781. The summed E-state index contributed by atoms with van der Waals surface area (Å²) >= 11 is 0. The van der Waals surface area contributed by atoms with Crippen LogP contribution in [0.3, 0.4) is 0 Å². The largest absolute Gasteiger partial charge is 0.465 e. The molecule has 1 aromatic carbocycles. The molecule has 0 radical (unpaired) electrons. The minimum Gasteiger partial charge on any atom is -0.465 e. The molecule has 0 unspecified atom stereocenters. The van der Waals surface area contributed by atoms with Crippen molar-refractivity contribution in [2.75, 3.05) is 13.1 Å². The summed E-state index contributed by atoms with van der Waals surface area (Å²) in [5, 5.41) is 8.96. The zero-order chi connectivity index (χ0) is 12.4. The van der Waals surface area contributed by atoms with Gasteiger partial charge in [0.15, 0.2) is 0 Å². The fourth-order valence-corrected chi connectivity index (χ4v) is 2.21. The molecule has 0 aromatic heterocycles.